The Balaban J connectivity index is 0.969. The maximum absolute atomic E-state index is 13.1. The van der Waals surface area contributed by atoms with Gasteiger partial charge in [0, 0.05) is 11.1 Å². The molecule has 4 rings (SSSR count). The highest BCUT2D eigenvalue weighted by Gasteiger charge is 2.12. The Bertz CT molecular complexity index is 1830. The van der Waals surface area contributed by atoms with Crippen molar-refractivity contribution in [3.8, 4) is 11.5 Å². The van der Waals surface area contributed by atoms with Crippen LogP contribution in [0, 0.1) is 0 Å². The van der Waals surface area contributed by atoms with E-state index in [0.29, 0.717) is 11.1 Å². The van der Waals surface area contributed by atoms with E-state index in [1.165, 1.54) is 244 Å². The maximum atomic E-state index is 13.1. The molecule has 6 heteroatoms. The topological polar surface area (TPSA) is 76.7 Å². The van der Waals surface area contributed by atoms with Crippen LogP contribution in [0.2, 0.25) is 0 Å². The Morgan fingerprint density at radius 1 is 0.292 bits per heavy atom. The summed E-state index contributed by atoms with van der Waals surface area (Å²) in [6.45, 7) is 6.03. The van der Waals surface area contributed by atoms with Crippen LogP contribution in [0.25, 0.3) is 21.5 Å². The number of ether oxygens (including phenoxy) is 2. The number of nitrogens with one attached hydrogen (secondary N) is 2. The number of fused-ring (bicyclic) bond motifs is 2. The zero-order valence-electron chi connectivity index (χ0n) is 46.3. The highest BCUT2D eigenvalue weighted by atomic mass is 16.5. The maximum Gasteiger partial charge on any atom is 0.269 e. The van der Waals surface area contributed by atoms with Crippen LogP contribution in [-0.2, 0) is 0 Å². The monoisotopic (exact) mass is 989 g/mol. The lowest BCUT2D eigenvalue weighted by molar-refractivity contribution is 0.0847. The minimum atomic E-state index is -0.368. The van der Waals surface area contributed by atoms with Crippen molar-refractivity contribution in [3.63, 3.8) is 0 Å². The number of hydrazine groups is 1. The number of amides is 2. The normalized spacial score (nSPS) is 11.4. The summed E-state index contributed by atoms with van der Waals surface area (Å²) in [5.41, 5.74) is 6.14. The molecule has 6 nitrogen and oxygen atoms in total. The van der Waals surface area contributed by atoms with Gasteiger partial charge in [0.2, 0.25) is 0 Å². The molecule has 0 saturated carbocycles. The van der Waals surface area contributed by atoms with Gasteiger partial charge >= 0.3 is 0 Å². The zero-order valence-corrected chi connectivity index (χ0v) is 46.3. The third-order valence-corrected chi connectivity index (χ3v) is 15.0. The molecular formula is C66H104N2O4. The predicted octanol–water partition coefficient (Wildman–Crippen LogP) is 20.5. The first kappa shape index (κ1) is 60.5. The number of hydrogen-bond donors (Lipinski definition) is 2. The van der Waals surface area contributed by atoms with Crippen LogP contribution in [0.15, 0.2) is 72.8 Å². The molecule has 0 aliphatic carbocycles. The van der Waals surface area contributed by atoms with Gasteiger partial charge in [-0.1, -0.05) is 282 Å². The Kier molecular flexibility index (Phi) is 34.7. The molecule has 0 bridgehead atoms. The third kappa shape index (κ3) is 28.4. The Hall–Kier alpha value is -4.06. The third-order valence-electron chi connectivity index (χ3n) is 15.0. The van der Waals surface area contributed by atoms with Gasteiger partial charge < -0.3 is 9.47 Å². The summed E-state index contributed by atoms with van der Waals surface area (Å²) in [4.78, 5) is 26.1. The largest absolute Gasteiger partial charge is 0.494 e. The second kappa shape index (κ2) is 41.3. The summed E-state index contributed by atoms with van der Waals surface area (Å²) in [5.74, 6) is 0.969. The molecule has 0 atom stereocenters. The van der Waals surface area contributed by atoms with Gasteiger partial charge in [0.25, 0.3) is 11.8 Å². The molecule has 0 radical (unpaired) electrons. The van der Waals surface area contributed by atoms with E-state index in [-0.39, 0.29) is 11.8 Å². The van der Waals surface area contributed by atoms with E-state index in [0.717, 1.165) is 59.1 Å². The molecule has 0 spiro atoms. The van der Waals surface area contributed by atoms with Gasteiger partial charge in [-0.2, -0.15) is 0 Å². The number of carbonyl (C=O) groups is 2. The van der Waals surface area contributed by atoms with E-state index in [1.54, 1.807) is 12.1 Å². The Labute approximate surface area is 440 Å². The van der Waals surface area contributed by atoms with Gasteiger partial charge in [0.05, 0.1) is 13.2 Å². The highest BCUT2D eigenvalue weighted by Crippen LogP contribution is 2.25. The summed E-state index contributed by atoms with van der Waals surface area (Å²) in [6, 6.07) is 23.1. The van der Waals surface area contributed by atoms with Crippen molar-refractivity contribution in [1.82, 2.24) is 10.9 Å². The van der Waals surface area contributed by atoms with Crippen molar-refractivity contribution in [2.24, 2.45) is 0 Å². The summed E-state index contributed by atoms with van der Waals surface area (Å²) in [5, 5.41) is 3.91. The van der Waals surface area contributed by atoms with Gasteiger partial charge in [-0.3, -0.25) is 20.4 Å². The quantitative estimate of drug-likeness (QED) is 0.0342. The second-order valence-corrected chi connectivity index (χ2v) is 21.5. The summed E-state index contributed by atoms with van der Waals surface area (Å²) in [6.07, 6.45) is 55.2. The fourth-order valence-corrected chi connectivity index (χ4v) is 10.3. The number of benzene rings is 4. The molecule has 2 N–H and O–H groups in total. The van der Waals surface area contributed by atoms with E-state index in [9.17, 15) is 9.59 Å². The number of unbranched alkanes of at least 4 members (excludes halogenated alkanes) is 38. The summed E-state index contributed by atoms with van der Waals surface area (Å²) >= 11 is 0. The lowest BCUT2D eigenvalue weighted by Crippen LogP contribution is -2.41. The predicted molar refractivity (Wildman–Crippen MR) is 310 cm³/mol. The molecule has 0 fully saturated rings. The number of hydrogen-bond acceptors (Lipinski definition) is 4. The second-order valence-electron chi connectivity index (χ2n) is 21.5. The first-order valence-corrected chi connectivity index (χ1v) is 30.5. The van der Waals surface area contributed by atoms with Crippen LogP contribution in [0.3, 0.4) is 0 Å². The van der Waals surface area contributed by atoms with Gasteiger partial charge in [0.1, 0.15) is 11.5 Å². The van der Waals surface area contributed by atoms with E-state index in [2.05, 4.69) is 24.7 Å². The molecule has 0 heterocycles. The Morgan fingerprint density at radius 3 is 0.778 bits per heavy atom. The van der Waals surface area contributed by atoms with Crippen molar-refractivity contribution in [2.45, 2.75) is 271 Å². The van der Waals surface area contributed by atoms with E-state index in [4.69, 9.17) is 9.47 Å². The summed E-state index contributed by atoms with van der Waals surface area (Å²) < 4.78 is 12.2. The molecule has 0 aromatic heterocycles. The smallest absolute Gasteiger partial charge is 0.269 e. The van der Waals surface area contributed by atoms with Crippen LogP contribution in [0.4, 0.5) is 0 Å². The van der Waals surface area contributed by atoms with Crippen LogP contribution < -0.4 is 20.3 Å². The fraction of sp³-hybridized carbons (Fsp3) is 0.667. The van der Waals surface area contributed by atoms with Crippen LogP contribution in [0.5, 0.6) is 11.5 Å². The lowest BCUT2D eigenvalue weighted by atomic mass is 10.0. The minimum Gasteiger partial charge on any atom is -0.494 e. The van der Waals surface area contributed by atoms with Crippen LogP contribution in [-0.4, -0.2) is 25.0 Å². The van der Waals surface area contributed by atoms with Gasteiger partial charge in [0.15, 0.2) is 0 Å². The molecule has 0 aliphatic heterocycles. The van der Waals surface area contributed by atoms with E-state index >= 15 is 0 Å². The molecule has 2 amide bonds. The minimum absolute atomic E-state index is 0.368. The first-order chi connectivity index (χ1) is 35.6. The SMILES string of the molecule is CCCCCCCCCCCCCCCCCCCCCCOc1ccc2cc(C(=O)NNC(=O)c3ccc4cc(OCCCCCCCCCCCCCCCCCCCCCC)ccc4c3)ccc2c1. The fourth-order valence-electron chi connectivity index (χ4n) is 10.3. The lowest BCUT2D eigenvalue weighted by Gasteiger charge is -2.11. The first-order valence-electron chi connectivity index (χ1n) is 30.5. The standard InChI is InChI=1S/C66H104N2O4/c1-3-5-7-9-11-13-15-17-19-21-23-25-27-29-31-33-35-37-39-41-51-71-63-49-47-57-53-61(45-43-59(57)55-63)65(69)67-68-66(70)62-46-44-60-56-64(50-48-58(60)54-62)72-52-42-40-38-36-34-32-30-28-26-24-22-20-18-16-14-12-10-8-6-4-2/h43-50,53-56H,3-42,51-52H2,1-2H3,(H,67,69)(H,68,70). The zero-order chi connectivity index (χ0) is 50.8. The molecule has 0 saturated heterocycles. The number of carbonyl (C=O) groups excluding carboxylic acids is 2. The number of rotatable bonds is 46. The molecule has 402 valence electrons. The van der Waals surface area contributed by atoms with Crippen LogP contribution >= 0.6 is 0 Å². The average Bonchev–Trinajstić information content (AvgIpc) is 3.40. The van der Waals surface area contributed by atoms with E-state index in [1.807, 2.05) is 60.7 Å². The van der Waals surface area contributed by atoms with Crippen molar-refractivity contribution in [3.05, 3.63) is 83.9 Å². The molecule has 4 aromatic rings. The highest BCUT2D eigenvalue weighted by molar-refractivity contribution is 6.02. The molecule has 72 heavy (non-hydrogen) atoms. The van der Waals surface area contributed by atoms with Crippen molar-refractivity contribution in [1.29, 1.82) is 0 Å². The molecule has 0 unspecified atom stereocenters. The van der Waals surface area contributed by atoms with Crippen LogP contribution in [0.1, 0.15) is 291 Å². The van der Waals surface area contributed by atoms with Gasteiger partial charge in [-0.25, -0.2) is 0 Å². The van der Waals surface area contributed by atoms with E-state index < -0.39 is 0 Å². The molecular weight excluding hydrogens is 885 g/mol. The van der Waals surface area contributed by atoms with Gasteiger partial charge in [-0.15, -0.1) is 0 Å². The van der Waals surface area contributed by atoms with Crippen molar-refractivity contribution >= 4 is 33.4 Å². The molecule has 4 aromatic carbocycles. The Morgan fingerprint density at radius 2 is 0.514 bits per heavy atom. The summed E-state index contributed by atoms with van der Waals surface area (Å²) in [7, 11) is 0. The van der Waals surface area contributed by atoms with Crippen molar-refractivity contribution in [2.75, 3.05) is 13.2 Å². The van der Waals surface area contributed by atoms with Gasteiger partial charge in [-0.05, 0) is 82.9 Å². The average molecular weight is 990 g/mol. The molecule has 0 aliphatic rings. The van der Waals surface area contributed by atoms with Crippen molar-refractivity contribution < 1.29 is 19.1 Å².